The van der Waals surface area contributed by atoms with Crippen molar-refractivity contribution >= 4 is 5.91 Å². The Morgan fingerprint density at radius 3 is 2.72 bits per heavy atom. The van der Waals surface area contributed by atoms with Gasteiger partial charge in [-0.2, -0.15) is 4.98 Å². The van der Waals surface area contributed by atoms with Gasteiger partial charge in [0.15, 0.2) is 0 Å². The molecule has 1 aliphatic heterocycles. The van der Waals surface area contributed by atoms with E-state index in [2.05, 4.69) is 48.3 Å². The summed E-state index contributed by atoms with van der Waals surface area (Å²) in [6, 6.07) is 8.53. The lowest BCUT2D eigenvalue weighted by Gasteiger charge is -2.31. The largest absolute Gasteiger partial charge is 0.366 e. The third-order valence-electron chi connectivity index (χ3n) is 4.52. The molecule has 1 amide bonds. The van der Waals surface area contributed by atoms with Crippen LogP contribution in [0.25, 0.3) is 0 Å². The van der Waals surface area contributed by atoms with Gasteiger partial charge in [0.1, 0.15) is 6.10 Å². The van der Waals surface area contributed by atoms with Gasteiger partial charge < -0.3 is 14.2 Å². The van der Waals surface area contributed by atoms with Gasteiger partial charge in [0.05, 0.1) is 13.2 Å². The summed E-state index contributed by atoms with van der Waals surface area (Å²) >= 11 is 0. The highest BCUT2D eigenvalue weighted by Gasteiger charge is 2.28. The van der Waals surface area contributed by atoms with E-state index in [1.54, 1.807) is 6.92 Å². The van der Waals surface area contributed by atoms with E-state index in [1.165, 1.54) is 11.1 Å². The van der Waals surface area contributed by atoms with Crippen molar-refractivity contribution in [2.45, 2.75) is 45.6 Å². The van der Waals surface area contributed by atoms with Crippen LogP contribution in [0.1, 0.15) is 55.1 Å². The quantitative estimate of drug-likeness (QED) is 0.835. The van der Waals surface area contributed by atoms with Crippen LogP contribution in [-0.2, 0) is 16.0 Å². The molecule has 134 valence electrons. The number of morpholine rings is 1. The third kappa shape index (κ3) is 4.45. The van der Waals surface area contributed by atoms with Crippen LogP contribution in [0.2, 0.25) is 0 Å². The Labute approximate surface area is 148 Å². The number of ether oxygens (including phenoxy) is 1. The number of amides is 1. The van der Waals surface area contributed by atoms with Crippen LogP contribution < -0.4 is 0 Å². The molecule has 6 nitrogen and oxygen atoms in total. The lowest BCUT2D eigenvalue weighted by atomic mass is 10.00. The fourth-order valence-corrected chi connectivity index (χ4v) is 2.96. The van der Waals surface area contributed by atoms with Gasteiger partial charge in [-0.05, 0) is 23.5 Å². The summed E-state index contributed by atoms with van der Waals surface area (Å²) in [5.41, 5.74) is 2.51. The second kappa shape index (κ2) is 7.78. The zero-order valence-corrected chi connectivity index (χ0v) is 15.1. The Kier molecular flexibility index (Phi) is 5.48. The van der Waals surface area contributed by atoms with E-state index in [0.29, 0.717) is 43.8 Å². The molecule has 1 aromatic carbocycles. The van der Waals surface area contributed by atoms with E-state index in [-0.39, 0.29) is 12.0 Å². The monoisotopic (exact) mass is 343 g/mol. The first kappa shape index (κ1) is 17.6. The van der Waals surface area contributed by atoms with Crippen LogP contribution in [0.4, 0.5) is 0 Å². The Balaban J connectivity index is 1.53. The number of rotatable bonds is 5. The van der Waals surface area contributed by atoms with Gasteiger partial charge >= 0.3 is 0 Å². The minimum absolute atomic E-state index is 0.140. The fourth-order valence-electron chi connectivity index (χ4n) is 2.96. The minimum Gasteiger partial charge on any atom is -0.366 e. The number of aromatic nitrogens is 2. The molecule has 0 spiro atoms. The highest BCUT2D eigenvalue weighted by atomic mass is 16.5. The van der Waals surface area contributed by atoms with Crippen molar-refractivity contribution in [3.05, 3.63) is 47.1 Å². The van der Waals surface area contributed by atoms with Crippen molar-refractivity contribution in [3.63, 3.8) is 0 Å². The molecule has 6 heteroatoms. The summed E-state index contributed by atoms with van der Waals surface area (Å²) in [6.07, 6.45) is 0.944. The number of aryl methyl sites for hydroxylation is 2. The predicted octanol–water partition coefficient (Wildman–Crippen LogP) is 3.03. The molecule has 1 saturated heterocycles. The maximum atomic E-state index is 12.5. The third-order valence-corrected chi connectivity index (χ3v) is 4.52. The van der Waals surface area contributed by atoms with Gasteiger partial charge in [-0.15, -0.1) is 0 Å². The fraction of sp³-hybridized carbons (Fsp3) is 0.526. The summed E-state index contributed by atoms with van der Waals surface area (Å²) < 4.78 is 10.7. The zero-order valence-electron chi connectivity index (χ0n) is 15.1. The number of carbonyl (C=O) groups is 1. The van der Waals surface area contributed by atoms with Crippen molar-refractivity contribution < 1.29 is 14.1 Å². The molecule has 25 heavy (non-hydrogen) atoms. The van der Waals surface area contributed by atoms with E-state index in [0.717, 1.165) is 6.42 Å². The molecule has 0 N–H and O–H groups in total. The van der Waals surface area contributed by atoms with Crippen LogP contribution in [0.15, 0.2) is 28.8 Å². The predicted molar refractivity (Wildman–Crippen MR) is 93.2 cm³/mol. The Morgan fingerprint density at radius 1 is 1.32 bits per heavy atom. The molecule has 0 aliphatic carbocycles. The molecule has 0 bridgehead atoms. The van der Waals surface area contributed by atoms with E-state index >= 15 is 0 Å². The maximum Gasteiger partial charge on any atom is 0.223 e. The topological polar surface area (TPSA) is 68.5 Å². The number of hydrogen-bond acceptors (Lipinski definition) is 5. The van der Waals surface area contributed by atoms with Crippen LogP contribution >= 0.6 is 0 Å². The van der Waals surface area contributed by atoms with Crippen molar-refractivity contribution in [1.82, 2.24) is 15.0 Å². The first-order valence-electron chi connectivity index (χ1n) is 8.81. The minimum atomic E-state index is -0.305. The van der Waals surface area contributed by atoms with Gasteiger partial charge in [0, 0.05) is 19.9 Å². The molecule has 0 unspecified atom stereocenters. The molecular weight excluding hydrogens is 318 g/mol. The molecule has 2 aromatic rings. The molecule has 0 saturated carbocycles. The summed E-state index contributed by atoms with van der Waals surface area (Å²) in [5, 5.41) is 3.90. The number of hydrogen-bond donors (Lipinski definition) is 0. The molecule has 2 heterocycles. The highest BCUT2D eigenvalue weighted by molar-refractivity contribution is 5.76. The first-order valence-corrected chi connectivity index (χ1v) is 8.81. The van der Waals surface area contributed by atoms with Gasteiger partial charge in [0.25, 0.3) is 0 Å². The Bertz CT molecular complexity index is 709. The zero-order chi connectivity index (χ0) is 17.8. The molecule has 3 rings (SSSR count). The SMILES string of the molecule is Cc1nc([C@@H]2CN(C(=O)CCc3ccc(C(C)C)cc3)CCO2)no1. The lowest BCUT2D eigenvalue weighted by molar-refractivity contribution is -0.139. The van der Waals surface area contributed by atoms with Crippen LogP contribution in [0.5, 0.6) is 0 Å². The maximum absolute atomic E-state index is 12.5. The average Bonchev–Trinajstić information content (AvgIpc) is 3.06. The molecule has 1 fully saturated rings. The standard InChI is InChI=1S/C19H25N3O3/c1-13(2)16-7-4-15(5-8-16)6-9-18(23)22-10-11-24-17(12-22)19-20-14(3)25-21-19/h4-5,7-8,13,17H,6,9-12H2,1-3H3/t17-/m0/s1. The highest BCUT2D eigenvalue weighted by Crippen LogP contribution is 2.21. The van der Waals surface area contributed by atoms with Gasteiger partial charge in [0.2, 0.25) is 17.6 Å². The molecule has 1 aliphatic rings. The van der Waals surface area contributed by atoms with Crippen LogP contribution in [0, 0.1) is 6.92 Å². The second-order valence-corrected chi connectivity index (χ2v) is 6.77. The molecule has 0 radical (unpaired) electrons. The summed E-state index contributed by atoms with van der Waals surface area (Å²) in [4.78, 5) is 18.6. The van der Waals surface area contributed by atoms with Crippen molar-refractivity contribution in [3.8, 4) is 0 Å². The van der Waals surface area contributed by atoms with Crippen LogP contribution in [-0.4, -0.2) is 40.6 Å². The van der Waals surface area contributed by atoms with E-state index in [9.17, 15) is 4.79 Å². The average molecular weight is 343 g/mol. The van der Waals surface area contributed by atoms with E-state index < -0.39 is 0 Å². The van der Waals surface area contributed by atoms with Crippen molar-refractivity contribution in [1.29, 1.82) is 0 Å². The second-order valence-electron chi connectivity index (χ2n) is 6.77. The molecule has 1 aromatic heterocycles. The first-order chi connectivity index (χ1) is 12.0. The number of benzene rings is 1. The Morgan fingerprint density at radius 2 is 2.08 bits per heavy atom. The van der Waals surface area contributed by atoms with E-state index in [1.807, 2.05) is 4.90 Å². The lowest BCUT2D eigenvalue weighted by Crippen LogP contribution is -2.42. The van der Waals surface area contributed by atoms with Crippen molar-refractivity contribution in [2.75, 3.05) is 19.7 Å². The van der Waals surface area contributed by atoms with Gasteiger partial charge in [-0.3, -0.25) is 4.79 Å². The molecular formula is C19H25N3O3. The normalized spacial score (nSPS) is 17.9. The summed E-state index contributed by atoms with van der Waals surface area (Å²) in [7, 11) is 0. The van der Waals surface area contributed by atoms with Gasteiger partial charge in [-0.1, -0.05) is 43.3 Å². The number of nitrogens with zero attached hydrogens (tertiary/aromatic N) is 3. The van der Waals surface area contributed by atoms with Crippen molar-refractivity contribution in [2.24, 2.45) is 0 Å². The van der Waals surface area contributed by atoms with Crippen LogP contribution in [0.3, 0.4) is 0 Å². The van der Waals surface area contributed by atoms with Gasteiger partial charge in [-0.25, -0.2) is 0 Å². The summed E-state index contributed by atoms with van der Waals surface area (Å²) in [6.45, 7) is 7.68. The summed E-state index contributed by atoms with van der Waals surface area (Å²) in [5.74, 6) is 1.68. The van der Waals surface area contributed by atoms with E-state index in [4.69, 9.17) is 9.26 Å². The smallest absolute Gasteiger partial charge is 0.223 e. The Hall–Kier alpha value is -2.21. The number of carbonyl (C=O) groups excluding carboxylic acids is 1. The molecule has 1 atom stereocenters.